The third kappa shape index (κ3) is 4.48. The maximum absolute atomic E-state index is 12.5. The summed E-state index contributed by atoms with van der Waals surface area (Å²) < 4.78 is 32.7. The fourth-order valence-corrected chi connectivity index (χ4v) is 3.17. The van der Waals surface area contributed by atoms with E-state index in [2.05, 4.69) is 10.0 Å². The average Bonchev–Trinajstić information content (AvgIpc) is 2.57. The van der Waals surface area contributed by atoms with Crippen LogP contribution in [-0.2, 0) is 10.0 Å². The molecule has 0 heterocycles. The van der Waals surface area contributed by atoms with E-state index in [0.717, 1.165) is 0 Å². The van der Waals surface area contributed by atoms with Crippen molar-refractivity contribution in [2.75, 3.05) is 17.9 Å². The largest absolute Gasteiger partial charge is 0.494 e. The molecule has 6 nitrogen and oxygen atoms in total. The molecule has 2 aromatic rings. The smallest absolute Gasteiger partial charge is 0.261 e. The Morgan fingerprint density at radius 2 is 1.79 bits per heavy atom. The Labute approximate surface area is 141 Å². The van der Waals surface area contributed by atoms with Gasteiger partial charge in [0.05, 0.1) is 11.5 Å². The Hall–Kier alpha value is -2.54. The maximum Gasteiger partial charge on any atom is 0.261 e. The summed E-state index contributed by atoms with van der Waals surface area (Å²) in [5.74, 6) is 0.356. The van der Waals surface area contributed by atoms with Gasteiger partial charge in [0.25, 0.3) is 15.9 Å². The van der Waals surface area contributed by atoms with Gasteiger partial charge in [-0.2, -0.15) is 0 Å². The van der Waals surface area contributed by atoms with Gasteiger partial charge in [0, 0.05) is 17.8 Å². The molecule has 2 rings (SSSR count). The van der Waals surface area contributed by atoms with Crippen molar-refractivity contribution in [2.24, 2.45) is 0 Å². The van der Waals surface area contributed by atoms with E-state index in [-0.39, 0.29) is 10.8 Å². The van der Waals surface area contributed by atoms with E-state index in [1.165, 1.54) is 18.2 Å². The zero-order valence-corrected chi connectivity index (χ0v) is 14.4. The van der Waals surface area contributed by atoms with E-state index in [4.69, 9.17) is 4.74 Å². The van der Waals surface area contributed by atoms with Crippen molar-refractivity contribution >= 4 is 21.6 Å². The monoisotopic (exact) mass is 348 g/mol. The summed E-state index contributed by atoms with van der Waals surface area (Å²) in [6, 6.07) is 12.5. The van der Waals surface area contributed by atoms with E-state index in [9.17, 15) is 13.2 Å². The Morgan fingerprint density at radius 1 is 1.08 bits per heavy atom. The maximum atomic E-state index is 12.5. The first-order valence-corrected chi connectivity index (χ1v) is 9.08. The highest BCUT2D eigenvalue weighted by molar-refractivity contribution is 7.92. The lowest BCUT2D eigenvalue weighted by Crippen LogP contribution is -2.23. The molecule has 0 aliphatic carbocycles. The van der Waals surface area contributed by atoms with Crippen molar-refractivity contribution < 1.29 is 17.9 Å². The topological polar surface area (TPSA) is 84.5 Å². The van der Waals surface area contributed by atoms with Gasteiger partial charge in [-0.25, -0.2) is 8.42 Å². The minimum atomic E-state index is -3.78. The first kappa shape index (κ1) is 17.8. The highest BCUT2D eigenvalue weighted by Gasteiger charge is 2.16. The van der Waals surface area contributed by atoms with Gasteiger partial charge in [-0.1, -0.05) is 6.07 Å². The average molecular weight is 348 g/mol. The van der Waals surface area contributed by atoms with E-state index >= 15 is 0 Å². The van der Waals surface area contributed by atoms with E-state index < -0.39 is 10.0 Å². The van der Waals surface area contributed by atoms with Crippen molar-refractivity contribution in [3.63, 3.8) is 0 Å². The lowest BCUT2D eigenvalue weighted by Gasteiger charge is -2.10. The summed E-state index contributed by atoms with van der Waals surface area (Å²) in [6.07, 6.45) is 0. The minimum Gasteiger partial charge on any atom is -0.494 e. The molecule has 0 aliphatic rings. The molecule has 0 aliphatic heterocycles. The zero-order chi connectivity index (χ0) is 17.6. The molecule has 0 atom stereocenters. The zero-order valence-electron chi connectivity index (χ0n) is 13.6. The number of nitrogens with one attached hydrogen (secondary N) is 2. The van der Waals surface area contributed by atoms with Crippen LogP contribution in [0.1, 0.15) is 24.2 Å². The van der Waals surface area contributed by atoms with E-state index in [1.807, 2.05) is 6.92 Å². The second-order valence-corrected chi connectivity index (χ2v) is 6.63. The fourth-order valence-electron chi connectivity index (χ4n) is 2.07. The number of rotatable bonds is 7. The van der Waals surface area contributed by atoms with Crippen molar-refractivity contribution in [2.45, 2.75) is 18.7 Å². The molecule has 128 valence electrons. The van der Waals surface area contributed by atoms with Crippen LogP contribution in [0.5, 0.6) is 5.75 Å². The number of carbonyl (C=O) groups excluding carboxylic acids is 1. The molecule has 0 unspecified atom stereocenters. The first-order valence-electron chi connectivity index (χ1n) is 7.60. The Morgan fingerprint density at radius 3 is 2.42 bits per heavy atom. The molecule has 2 N–H and O–H groups in total. The molecule has 0 saturated heterocycles. The molecular formula is C17H20N2O4S. The molecule has 0 bridgehead atoms. The van der Waals surface area contributed by atoms with Crippen LogP contribution < -0.4 is 14.8 Å². The molecule has 0 aromatic heterocycles. The predicted octanol–water partition coefficient (Wildman–Crippen LogP) is 2.64. The molecule has 0 saturated carbocycles. The van der Waals surface area contributed by atoms with E-state index in [1.54, 1.807) is 37.3 Å². The van der Waals surface area contributed by atoms with Crippen LogP contribution in [0, 0.1) is 0 Å². The molecule has 24 heavy (non-hydrogen) atoms. The number of hydrogen-bond donors (Lipinski definition) is 2. The van der Waals surface area contributed by atoms with Crippen LogP contribution in [0.3, 0.4) is 0 Å². The van der Waals surface area contributed by atoms with Crippen LogP contribution in [0.15, 0.2) is 53.4 Å². The lowest BCUT2D eigenvalue weighted by atomic mass is 10.2. The number of hydrogen-bond acceptors (Lipinski definition) is 4. The Bertz CT molecular complexity index is 802. The molecule has 2 aromatic carbocycles. The van der Waals surface area contributed by atoms with Crippen LogP contribution in [0.2, 0.25) is 0 Å². The van der Waals surface area contributed by atoms with Crippen molar-refractivity contribution in [3.8, 4) is 5.75 Å². The highest BCUT2D eigenvalue weighted by atomic mass is 32.2. The molecule has 0 fully saturated rings. The summed E-state index contributed by atoms with van der Waals surface area (Å²) in [5.41, 5.74) is 0.716. The number of ether oxygens (including phenoxy) is 1. The van der Waals surface area contributed by atoms with Gasteiger partial charge in [0.1, 0.15) is 5.75 Å². The van der Waals surface area contributed by atoms with Gasteiger partial charge in [-0.05, 0) is 56.3 Å². The number of benzene rings is 2. The van der Waals surface area contributed by atoms with Crippen molar-refractivity contribution in [1.29, 1.82) is 0 Å². The van der Waals surface area contributed by atoms with Gasteiger partial charge < -0.3 is 10.1 Å². The van der Waals surface area contributed by atoms with Crippen LogP contribution in [-0.4, -0.2) is 27.5 Å². The SMILES string of the molecule is CCNC(=O)c1cccc(S(=O)(=O)Nc2ccc(OCC)cc2)c1. The van der Waals surface area contributed by atoms with Gasteiger partial charge in [0.2, 0.25) is 0 Å². The highest BCUT2D eigenvalue weighted by Crippen LogP contribution is 2.20. The molecule has 0 spiro atoms. The van der Waals surface area contributed by atoms with Gasteiger partial charge in [0.15, 0.2) is 0 Å². The van der Waals surface area contributed by atoms with Crippen LogP contribution in [0.25, 0.3) is 0 Å². The second-order valence-electron chi connectivity index (χ2n) is 4.95. The van der Waals surface area contributed by atoms with Crippen LogP contribution in [0.4, 0.5) is 5.69 Å². The molecular weight excluding hydrogens is 328 g/mol. The molecule has 7 heteroatoms. The van der Waals surface area contributed by atoms with Gasteiger partial charge in [-0.15, -0.1) is 0 Å². The van der Waals surface area contributed by atoms with Crippen molar-refractivity contribution in [1.82, 2.24) is 5.32 Å². The van der Waals surface area contributed by atoms with Gasteiger partial charge in [-0.3, -0.25) is 9.52 Å². The Balaban J connectivity index is 2.20. The number of sulfonamides is 1. The third-order valence-electron chi connectivity index (χ3n) is 3.16. The molecule has 0 radical (unpaired) electrons. The third-order valence-corrected chi connectivity index (χ3v) is 4.54. The predicted molar refractivity (Wildman–Crippen MR) is 92.9 cm³/mol. The normalized spacial score (nSPS) is 10.9. The lowest BCUT2D eigenvalue weighted by molar-refractivity contribution is 0.0955. The summed E-state index contributed by atoms with van der Waals surface area (Å²) >= 11 is 0. The number of amides is 1. The number of anilines is 1. The van der Waals surface area contributed by atoms with E-state index in [0.29, 0.717) is 30.2 Å². The van der Waals surface area contributed by atoms with Crippen LogP contribution >= 0.6 is 0 Å². The van der Waals surface area contributed by atoms with Gasteiger partial charge >= 0.3 is 0 Å². The second kappa shape index (κ2) is 7.83. The number of carbonyl (C=O) groups is 1. The Kier molecular flexibility index (Phi) is 5.81. The standard InChI is InChI=1S/C17H20N2O4S/c1-3-18-17(20)13-6-5-7-16(12-13)24(21,22)19-14-8-10-15(11-9-14)23-4-2/h5-12,19H,3-4H2,1-2H3,(H,18,20). The summed E-state index contributed by atoms with van der Waals surface area (Å²) in [6.45, 7) is 4.68. The van der Waals surface area contributed by atoms with Crippen molar-refractivity contribution in [3.05, 3.63) is 54.1 Å². The molecule has 1 amide bonds. The summed E-state index contributed by atoms with van der Waals surface area (Å²) in [7, 11) is -3.78. The minimum absolute atomic E-state index is 0.0279. The fraction of sp³-hybridized carbons (Fsp3) is 0.235. The summed E-state index contributed by atoms with van der Waals surface area (Å²) in [4.78, 5) is 11.9. The summed E-state index contributed by atoms with van der Waals surface area (Å²) in [5, 5.41) is 2.64. The quantitative estimate of drug-likeness (QED) is 0.805. The first-order chi connectivity index (χ1) is 11.5.